The van der Waals surface area contributed by atoms with Gasteiger partial charge in [0.15, 0.2) is 0 Å². The number of aliphatic hydroxyl groups is 1. The SMILES string of the molecule is CCC(CC)N(CCOC)C(C)CC(C)O. The molecule has 0 aliphatic heterocycles. The highest BCUT2D eigenvalue weighted by molar-refractivity contribution is 4.76. The highest BCUT2D eigenvalue weighted by atomic mass is 16.5. The minimum absolute atomic E-state index is 0.227. The molecule has 0 amide bonds. The maximum atomic E-state index is 9.47. The van der Waals surface area contributed by atoms with Crippen LogP contribution >= 0.6 is 0 Å². The van der Waals surface area contributed by atoms with Crippen molar-refractivity contribution in [3.63, 3.8) is 0 Å². The Labute approximate surface area is 101 Å². The number of aliphatic hydroxyl groups excluding tert-OH is 1. The number of rotatable bonds is 9. The second-order valence-corrected chi connectivity index (χ2v) is 4.63. The topological polar surface area (TPSA) is 32.7 Å². The summed E-state index contributed by atoms with van der Waals surface area (Å²) in [5.74, 6) is 0. The molecule has 3 heteroatoms. The fraction of sp³-hybridized carbons (Fsp3) is 1.00. The van der Waals surface area contributed by atoms with E-state index < -0.39 is 0 Å². The number of hydrogen-bond donors (Lipinski definition) is 1. The molecule has 2 unspecified atom stereocenters. The second kappa shape index (κ2) is 8.97. The maximum Gasteiger partial charge on any atom is 0.0589 e. The molecule has 0 aromatic rings. The smallest absolute Gasteiger partial charge is 0.0589 e. The van der Waals surface area contributed by atoms with Crippen molar-refractivity contribution in [2.24, 2.45) is 0 Å². The van der Waals surface area contributed by atoms with Crippen LogP contribution in [0.25, 0.3) is 0 Å². The first kappa shape index (κ1) is 15.9. The van der Waals surface area contributed by atoms with Crippen molar-refractivity contribution < 1.29 is 9.84 Å². The fourth-order valence-electron chi connectivity index (χ4n) is 2.35. The first-order chi connectivity index (χ1) is 7.56. The summed E-state index contributed by atoms with van der Waals surface area (Å²) in [6.07, 6.45) is 2.92. The maximum absolute atomic E-state index is 9.47. The quantitative estimate of drug-likeness (QED) is 0.661. The highest BCUT2D eigenvalue weighted by Crippen LogP contribution is 2.15. The van der Waals surface area contributed by atoms with E-state index in [-0.39, 0.29) is 6.10 Å². The van der Waals surface area contributed by atoms with Gasteiger partial charge in [0.05, 0.1) is 12.7 Å². The molecule has 0 aromatic heterocycles. The summed E-state index contributed by atoms with van der Waals surface area (Å²) in [7, 11) is 1.74. The van der Waals surface area contributed by atoms with E-state index in [2.05, 4.69) is 25.7 Å². The number of hydrogen-bond acceptors (Lipinski definition) is 3. The molecule has 0 aliphatic rings. The first-order valence-corrected chi connectivity index (χ1v) is 6.49. The van der Waals surface area contributed by atoms with Crippen molar-refractivity contribution in [3.8, 4) is 0 Å². The van der Waals surface area contributed by atoms with Crippen LogP contribution in [0.4, 0.5) is 0 Å². The molecule has 0 saturated carbocycles. The van der Waals surface area contributed by atoms with Gasteiger partial charge in [0, 0.05) is 25.7 Å². The molecule has 0 aliphatic carbocycles. The van der Waals surface area contributed by atoms with E-state index in [1.54, 1.807) is 7.11 Å². The zero-order valence-electron chi connectivity index (χ0n) is 11.6. The molecule has 0 bridgehead atoms. The van der Waals surface area contributed by atoms with E-state index in [1.165, 1.54) is 0 Å². The van der Waals surface area contributed by atoms with Crippen molar-refractivity contribution in [3.05, 3.63) is 0 Å². The van der Waals surface area contributed by atoms with Gasteiger partial charge in [0.25, 0.3) is 0 Å². The van der Waals surface area contributed by atoms with Crippen molar-refractivity contribution in [1.82, 2.24) is 4.90 Å². The van der Waals surface area contributed by atoms with Crippen molar-refractivity contribution in [2.75, 3.05) is 20.3 Å². The predicted octanol–water partition coefficient (Wildman–Crippen LogP) is 2.28. The van der Waals surface area contributed by atoms with Gasteiger partial charge in [0.2, 0.25) is 0 Å². The summed E-state index contributed by atoms with van der Waals surface area (Å²) in [6.45, 7) is 10.2. The molecule has 16 heavy (non-hydrogen) atoms. The van der Waals surface area contributed by atoms with Gasteiger partial charge in [-0.15, -0.1) is 0 Å². The molecule has 0 spiro atoms. The summed E-state index contributed by atoms with van der Waals surface area (Å²) < 4.78 is 5.16. The molecule has 3 nitrogen and oxygen atoms in total. The van der Waals surface area contributed by atoms with E-state index in [4.69, 9.17) is 4.74 Å². The van der Waals surface area contributed by atoms with Crippen LogP contribution in [0.5, 0.6) is 0 Å². The second-order valence-electron chi connectivity index (χ2n) is 4.63. The van der Waals surface area contributed by atoms with Gasteiger partial charge in [-0.1, -0.05) is 13.8 Å². The summed E-state index contributed by atoms with van der Waals surface area (Å²) in [5.41, 5.74) is 0. The Bertz CT molecular complexity index is 158. The van der Waals surface area contributed by atoms with Crippen molar-refractivity contribution in [1.29, 1.82) is 0 Å². The Morgan fingerprint density at radius 2 is 1.75 bits per heavy atom. The van der Waals surface area contributed by atoms with Crippen LogP contribution in [0.2, 0.25) is 0 Å². The Hall–Kier alpha value is -0.120. The zero-order chi connectivity index (χ0) is 12.6. The molecule has 0 aromatic carbocycles. The van der Waals surface area contributed by atoms with Crippen LogP contribution in [0.1, 0.15) is 47.0 Å². The van der Waals surface area contributed by atoms with Crippen LogP contribution < -0.4 is 0 Å². The Balaban J connectivity index is 4.37. The Morgan fingerprint density at radius 1 is 1.19 bits per heavy atom. The van der Waals surface area contributed by atoms with Crippen LogP contribution in [0.15, 0.2) is 0 Å². The van der Waals surface area contributed by atoms with E-state index in [0.717, 1.165) is 32.4 Å². The fourth-order valence-corrected chi connectivity index (χ4v) is 2.35. The molecule has 1 N–H and O–H groups in total. The molecular weight excluding hydrogens is 202 g/mol. The average Bonchev–Trinajstić information content (AvgIpc) is 2.23. The van der Waals surface area contributed by atoms with Gasteiger partial charge < -0.3 is 9.84 Å². The lowest BCUT2D eigenvalue weighted by Gasteiger charge is -2.36. The lowest BCUT2D eigenvalue weighted by molar-refractivity contribution is 0.0594. The minimum Gasteiger partial charge on any atom is -0.393 e. The third-order valence-electron chi connectivity index (χ3n) is 3.21. The van der Waals surface area contributed by atoms with Gasteiger partial charge in [0.1, 0.15) is 0 Å². The highest BCUT2D eigenvalue weighted by Gasteiger charge is 2.21. The van der Waals surface area contributed by atoms with Gasteiger partial charge in [-0.3, -0.25) is 4.90 Å². The molecule has 0 fully saturated rings. The third kappa shape index (κ3) is 5.83. The normalized spacial score (nSPS) is 15.8. The molecule has 2 atom stereocenters. The minimum atomic E-state index is -0.227. The lowest BCUT2D eigenvalue weighted by Crippen LogP contribution is -2.44. The van der Waals surface area contributed by atoms with E-state index in [9.17, 15) is 5.11 Å². The van der Waals surface area contributed by atoms with E-state index in [1.807, 2.05) is 6.92 Å². The van der Waals surface area contributed by atoms with Gasteiger partial charge in [-0.25, -0.2) is 0 Å². The molecular formula is C13H29NO2. The summed E-state index contributed by atoms with van der Waals surface area (Å²) in [6, 6.07) is 1.02. The van der Waals surface area contributed by atoms with Crippen LogP contribution in [-0.2, 0) is 4.74 Å². The van der Waals surface area contributed by atoms with E-state index >= 15 is 0 Å². The number of nitrogens with zero attached hydrogens (tertiary/aromatic N) is 1. The Kier molecular flexibility index (Phi) is 8.90. The standard InChI is InChI=1S/C13H29NO2/c1-6-13(7-2)14(8-9-16-5)11(3)10-12(4)15/h11-13,15H,6-10H2,1-5H3. The van der Waals surface area contributed by atoms with Crippen LogP contribution in [0, 0.1) is 0 Å². The molecule has 0 rings (SSSR count). The predicted molar refractivity (Wildman–Crippen MR) is 68.7 cm³/mol. The van der Waals surface area contributed by atoms with E-state index in [0.29, 0.717) is 12.1 Å². The molecule has 0 radical (unpaired) electrons. The third-order valence-corrected chi connectivity index (χ3v) is 3.21. The van der Waals surface area contributed by atoms with Crippen LogP contribution in [0.3, 0.4) is 0 Å². The lowest BCUT2D eigenvalue weighted by atomic mass is 10.0. The molecule has 98 valence electrons. The zero-order valence-corrected chi connectivity index (χ0v) is 11.6. The average molecular weight is 231 g/mol. The first-order valence-electron chi connectivity index (χ1n) is 6.49. The van der Waals surface area contributed by atoms with Crippen molar-refractivity contribution in [2.45, 2.75) is 65.1 Å². The summed E-state index contributed by atoms with van der Waals surface area (Å²) in [4.78, 5) is 2.47. The number of ether oxygens (including phenoxy) is 1. The summed E-state index contributed by atoms with van der Waals surface area (Å²) >= 11 is 0. The van der Waals surface area contributed by atoms with Gasteiger partial charge in [-0.05, 0) is 33.1 Å². The van der Waals surface area contributed by atoms with Gasteiger partial charge in [-0.2, -0.15) is 0 Å². The largest absolute Gasteiger partial charge is 0.393 e. The van der Waals surface area contributed by atoms with Crippen molar-refractivity contribution >= 4 is 0 Å². The monoisotopic (exact) mass is 231 g/mol. The molecule has 0 saturated heterocycles. The Morgan fingerprint density at radius 3 is 2.12 bits per heavy atom. The molecule has 0 heterocycles. The number of methoxy groups -OCH3 is 1. The van der Waals surface area contributed by atoms with Gasteiger partial charge >= 0.3 is 0 Å². The van der Waals surface area contributed by atoms with Crippen LogP contribution in [-0.4, -0.2) is 48.5 Å². The summed E-state index contributed by atoms with van der Waals surface area (Å²) in [5, 5.41) is 9.47.